The molecule has 4 rings (SSSR count). The molecule has 0 saturated heterocycles. The highest BCUT2D eigenvalue weighted by atomic mass is 79.9. The van der Waals surface area contributed by atoms with Gasteiger partial charge in [-0.05, 0) is 50.1 Å². The zero-order chi connectivity index (χ0) is 19.1. The average molecular weight is 424 g/mol. The smallest absolute Gasteiger partial charge is 0.347 e. The molecule has 0 atom stereocenters. The molecule has 0 aliphatic carbocycles. The lowest BCUT2D eigenvalue weighted by Gasteiger charge is -2.10. The van der Waals surface area contributed by atoms with Gasteiger partial charge in [0.25, 0.3) is 0 Å². The number of fused-ring (bicyclic) bond motifs is 1. The SMILES string of the molecule is Cc1ccc(Nc2oc3cc(C)oc(=O)c3c2-c2ccc(Br)cc2)c(C)c1. The van der Waals surface area contributed by atoms with E-state index in [4.69, 9.17) is 8.83 Å². The van der Waals surface area contributed by atoms with E-state index in [9.17, 15) is 4.79 Å². The van der Waals surface area contributed by atoms with Crippen LogP contribution >= 0.6 is 15.9 Å². The largest absolute Gasteiger partial charge is 0.439 e. The third-order valence-corrected chi connectivity index (χ3v) is 5.02. The third-order valence-electron chi connectivity index (χ3n) is 4.49. The molecule has 0 amide bonds. The maximum atomic E-state index is 12.6. The molecule has 0 radical (unpaired) electrons. The van der Waals surface area contributed by atoms with Crippen LogP contribution in [0.2, 0.25) is 0 Å². The molecule has 0 saturated carbocycles. The summed E-state index contributed by atoms with van der Waals surface area (Å²) < 4.78 is 12.3. The van der Waals surface area contributed by atoms with E-state index in [1.54, 1.807) is 13.0 Å². The van der Waals surface area contributed by atoms with Crippen LogP contribution in [-0.2, 0) is 0 Å². The maximum absolute atomic E-state index is 12.6. The van der Waals surface area contributed by atoms with Crippen molar-refractivity contribution in [3.8, 4) is 11.1 Å². The van der Waals surface area contributed by atoms with E-state index in [1.807, 2.05) is 43.3 Å². The van der Waals surface area contributed by atoms with Gasteiger partial charge >= 0.3 is 5.63 Å². The molecule has 5 heteroatoms. The molecule has 4 aromatic rings. The first-order valence-electron chi connectivity index (χ1n) is 8.60. The fourth-order valence-corrected chi connectivity index (χ4v) is 3.48. The molecule has 0 spiro atoms. The van der Waals surface area contributed by atoms with Gasteiger partial charge in [0.05, 0.1) is 5.56 Å². The van der Waals surface area contributed by atoms with Gasteiger partial charge in [-0.2, -0.15) is 0 Å². The maximum Gasteiger partial charge on any atom is 0.347 e. The highest BCUT2D eigenvalue weighted by molar-refractivity contribution is 9.10. The summed E-state index contributed by atoms with van der Waals surface area (Å²) in [4.78, 5) is 12.6. The molecular weight excluding hydrogens is 406 g/mol. The minimum absolute atomic E-state index is 0.402. The van der Waals surface area contributed by atoms with E-state index < -0.39 is 5.63 Å². The molecule has 4 nitrogen and oxygen atoms in total. The predicted molar refractivity (Wildman–Crippen MR) is 112 cm³/mol. The van der Waals surface area contributed by atoms with E-state index in [2.05, 4.69) is 34.2 Å². The Morgan fingerprint density at radius 3 is 2.37 bits per heavy atom. The summed E-state index contributed by atoms with van der Waals surface area (Å²) in [5, 5.41) is 3.80. The molecule has 136 valence electrons. The normalized spacial score (nSPS) is 11.1. The van der Waals surface area contributed by atoms with Crippen LogP contribution < -0.4 is 10.9 Å². The van der Waals surface area contributed by atoms with Gasteiger partial charge in [0.2, 0.25) is 5.88 Å². The number of hydrogen-bond donors (Lipinski definition) is 1. The van der Waals surface area contributed by atoms with E-state index in [0.29, 0.717) is 28.2 Å². The first-order chi connectivity index (χ1) is 12.9. The standard InChI is InChI=1S/C22H18BrNO3/c1-12-4-9-17(13(2)10-12)24-21-19(15-5-7-16(23)8-6-15)20-18(27-21)11-14(3)26-22(20)25/h4-11,24H,1-3H3. The number of aryl methyl sites for hydroxylation is 3. The monoisotopic (exact) mass is 423 g/mol. The van der Waals surface area contributed by atoms with Crippen molar-refractivity contribution >= 4 is 38.5 Å². The number of furan rings is 1. The highest BCUT2D eigenvalue weighted by Gasteiger charge is 2.21. The van der Waals surface area contributed by atoms with Crippen molar-refractivity contribution in [2.45, 2.75) is 20.8 Å². The van der Waals surface area contributed by atoms with Crippen LogP contribution in [0.4, 0.5) is 11.6 Å². The van der Waals surface area contributed by atoms with Crippen LogP contribution in [0.3, 0.4) is 0 Å². The fourth-order valence-electron chi connectivity index (χ4n) is 3.22. The Bertz CT molecular complexity index is 1200. The van der Waals surface area contributed by atoms with E-state index in [-0.39, 0.29) is 0 Å². The first-order valence-corrected chi connectivity index (χ1v) is 9.39. The van der Waals surface area contributed by atoms with Crippen molar-refractivity contribution < 1.29 is 8.83 Å². The summed E-state index contributed by atoms with van der Waals surface area (Å²) in [6, 6.07) is 15.7. The lowest BCUT2D eigenvalue weighted by Crippen LogP contribution is -2.00. The number of halogens is 1. The van der Waals surface area contributed by atoms with Crippen molar-refractivity contribution in [2.24, 2.45) is 0 Å². The van der Waals surface area contributed by atoms with Gasteiger partial charge < -0.3 is 14.2 Å². The van der Waals surface area contributed by atoms with Crippen LogP contribution in [0.25, 0.3) is 22.1 Å². The van der Waals surface area contributed by atoms with Crippen molar-refractivity contribution in [3.63, 3.8) is 0 Å². The summed E-state index contributed by atoms with van der Waals surface area (Å²) in [5.41, 5.74) is 4.90. The van der Waals surface area contributed by atoms with E-state index >= 15 is 0 Å². The number of hydrogen-bond acceptors (Lipinski definition) is 4. The second-order valence-corrected chi connectivity index (χ2v) is 7.56. The lowest BCUT2D eigenvalue weighted by atomic mass is 10.0. The summed E-state index contributed by atoms with van der Waals surface area (Å²) in [7, 11) is 0. The minimum atomic E-state index is -0.402. The van der Waals surface area contributed by atoms with Crippen molar-refractivity contribution in [1.29, 1.82) is 0 Å². The van der Waals surface area contributed by atoms with Gasteiger partial charge in [-0.3, -0.25) is 0 Å². The molecule has 2 aromatic heterocycles. The number of anilines is 2. The predicted octanol–water partition coefficient (Wildman–Crippen LogP) is 6.48. The van der Waals surface area contributed by atoms with Crippen LogP contribution in [0, 0.1) is 20.8 Å². The summed E-state index contributed by atoms with van der Waals surface area (Å²) in [6.07, 6.45) is 0. The zero-order valence-electron chi connectivity index (χ0n) is 15.2. The second-order valence-electron chi connectivity index (χ2n) is 6.64. The van der Waals surface area contributed by atoms with Gasteiger partial charge in [-0.1, -0.05) is 45.8 Å². The molecule has 0 bridgehead atoms. The van der Waals surface area contributed by atoms with Crippen molar-refractivity contribution in [1.82, 2.24) is 0 Å². The summed E-state index contributed by atoms with van der Waals surface area (Å²) in [6.45, 7) is 5.83. The fraction of sp³-hybridized carbons (Fsp3) is 0.136. The van der Waals surface area contributed by atoms with Gasteiger partial charge in [-0.25, -0.2) is 4.79 Å². The van der Waals surface area contributed by atoms with Gasteiger partial charge in [0.15, 0.2) is 0 Å². The Hall–Kier alpha value is -2.79. The van der Waals surface area contributed by atoms with Gasteiger partial charge in [0, 0.05) is 16.2 Å². The van der Waals surface area contributed by atoms with Crippen LogP contribution in [0.1, 0.15) is 16.9 Å². The molecule has 0 aliphatic rings. The molecule has 1 N–H and O–H groups in total. The quantitative estimate of drug-likeness (QED) is 0.409. The van der Waals surface area contributed by atoms with Crippen LogP contribution in [-0.4, -0.2) is 0 Å². The molecule has 2 heterocycles. The topological polar surface area (TPSA) is 55.4 Å². The molecule has 0 aliphatic heterocycles. The van der Waals surface area contributed by atoms with E-state index in [0.717, 1.165) is 21.3 Å². The third kappa shape index (κ3) is 3.30. The van der Waals surface area contributed by atoms with Gasteiger partial charge in [0.1, 0.15) is 16.7 Å². The zero-order valence-corrected chi connectivity index (χ0v) is 16.8. The molecule has 0 fully saturated rings. The first kappa shape index (κ1) is 17.6. The molecule has 2 aromatic carbocycles. The van der Waals surface area contributed by atoms with E-state index in [1.165, 1.54) is 5.56 Å². The summed E-state index contributed by atoms with van der Waals surface area (Å²) in [5.74, 6) is 1.04. The van der Waals surface area contributed by atoms with Crippen LogP contribution in [0.15, 0.2) is 66.6 Å². The van der Waals surface area contributed by atoms with Crippen molar-refractivity contribution in [3.05, 3.63) is 80.3 Å². The summed E-state index contributed by atoms with van der Waals surface area (Å²) >= 11 is 3.45. The highest BCUT2D eigenvalue weighted by Crippen LogP contribution is 2.39. The van der Waals surface area contributed by atoms with Crippen molar-refractivity contribution in [2.75, 3.05) is 5.32 Å². The lowest BCUT2D eigenvalue weighted by molar-refractivity contribution is 0.485. The Labute approximate surface area is 165 Å². The molecule has 27 heavy (non-hydrogen) atoms. The Morgan fingerprint density at radius 1 is 0.926 bits per heavy atom. The number of benzene rings is 2. The molecule has 0 unspecified atom stereocenters. The second kappa shape index (κ2) is 6.74. The average Bonchev–Trinajstić information content (AvgIpc) is 2.96. The Kier molecular flexibility index (Phi) is 4.40. The van der Waals surface area contributed by atoms with Gasteiger partial charge in [-0.15, -0.1) is 0 Å². The Morgan fingerprint density at radius 2 is 1.67 bits per heavy atom. The minimum Gasteiger partial charge on any atom is -0.439 e. The Balaban J connectivity index is 1.96. The van der Waals surface area contributed by atoms with Crippen LogP contribution in [0.5, 0.6) is 0 Å². The number of nitrogens with one attached hydrogen (secondary N) is 1. The number of rotatable bonds is 3. The molecular formula is C22H18BrNO3.